The van der Waals surface area contributed by atoms with Gasteiger partial charge >= 0.3 is 0 Å². The fourth-order valence-electron chi connectivity index (χ4n) is 0.566. The summed E-state index contributed by atoms with van der Waals surface area (Å²) in [7, 11) is 0. The Balaban J connectivity index is 4.18. The molecule has 0 aromatic heterocycles. The second kappa shape index (κ2) is 4.57. The van der Waals surface area contributed by atoms with Crippen molar-refractivity contribution in [3.8, 4) is 0 Å². The summed E-state index contributed by atoms with van der Waals surface area (Å²) < 4.78 is 0. The van der Waals surface area contributed by atoms with Crippen molar-refractivity contribution >= 4 is 17.9 Å². The van der Waals surface area contributed by atoms with E-state index >= 15 is 0 Å². The van der Waals surface area contributed by atoms with Crippen molar-refractivity contribution in [1.29, 1.82) is 0 Å². The van der Waals surface area contributed by atoms with Crippen molar-refractivity contribution in [3.63, 3.8) is 0 Å². The van der Waals surface area contributed by atoms with E-state index in [9.17, 15) is 4.79 Å². The third-order valence-corrected chi connectivity index (χ3v) is 1.69. The van der Waals surface area contributed by atoms with Crippen LogP contribution in [-0.2, 0) is 4.79 Å². The van der Waals surface area contributed by atoms with Gasteiger partial charge in [0.15, 0.2) is 0 Å². The van der Waals surface area contributed by atoms with Crippen molar-refractivity contribution in [2.24, 2.45) is 0 Å². The number of rotatable bonds is 3. The number of carbonyl (C=O) groups is 1. The van der Waals surface area contributed by atoms with E-state index in [1.165, 1.54) is 0 Å². The van der Waals surface area contributed by atoms with Crippen molar-refractivity contribution in [2.45, 2.75) is 26.7 Å². The van der Waals surface area contributed by atoms with Crippen molar-refractivity contribution < 1.29 is 4.79 Å². The van der Waals surface area contributed by atoms with E-state index in [4.69, 9.17) is 11.6 Å². The zero-order valence-electron chi connectivity index (χ0n) is 5.78. The third kappa shape index (κ3) is 2.66. The van der Waals surface area contributed by atoms with E-state index in [0.29, 0.717) is 5.03 Å². The molecule has 0 rings (SSSR count). The van der Waals surface area contributed by atoms with Gasteiger partial charge in [0.2, 0.25) is 0 Å². The largest absolute Gasteiger partial charge is 0.298 e. The molecule has 0 saturated carbocycles. The summed E-state index contributed by atoms with van der Waals surface area (Å²) >= 11 is 5.68. The lowest BCUT2D eigenvalue weighted by molar-refractivity contribution is -0.105. The Labute approximate surface area is 60.7 Å². The lowest BCUT2D eigenvalue weighted by atomic mass is 10.2. The highest BCUT2D eigenvalue weighted by molar-refractivity contribution is 6.31. The number of carbonyl (C=O) groups excluding carboxylic acids is 1. The molecule has 0 aliphatic carbocycles. The van der Waals surface area contributed by atoms with E-state index in [1.807, 2.05) is 13.8 Å². The monoisotopic (exact) mass is 146 g/mol. The molecule has 0 atom stereocenters. The van der Waals surface area contributed by atoms with Gasteiger partial charge in [0.05, 0.1) is 0 Å². The zero-order chi connectivity index (χ0) is 7.28. The maximum atomic E-state index is 10.2. The number of hydrogen-bond donors (Lipinski definition) is 0. The van der Waals surface area contributed by atoms with Gasteiger partial charge in [-0.3, -0.25) is 4.79 Å². The van der Waals surface area contributed by atoms with Crippen molar-refractivity contribution in [3.05, 3.63) is 10.6 Å². The molecule has 9 heavy (non-hydrogen) atoms. The molecule has 2 heteroatoms. The predicted octanol–water partition coefficient (Wildman–Crippen LogP) is 2.50. The molecule has 1 nitrogen and oxygen atoms in total. The first-order valence-corrected chi connectivity index (χ1v) is 3.46. The standard InChI is InChI=1S/C7H11ClO/c1-3-6(5-9)7(8)4-2/h5H,3-4H2,1-2H3/b7-6-. The highest BCUT2D eigenvalue weighted by Crippen LogP contribution is 2.13. The van der Waals surface area contributed by atoms with E-state index in [-0.39, 0.29) is 0 Å². The maximum absolute atomic E-state index is 10.2. The van der Waals surface area contributed by atoms with Gasteiger partial charge in [-0.1, -0.05) is 25.4 Å². The highest BCUT2D eigenvalue weighted by atomic mass is 35.5. The number of halogens is 1. The molecule has 0 spiro atoms. The van der Waals surface area contributed by atoms with Gasteiger partial charge in [0.25, 0.3) is 0 Å². The van der Waals surface area contributed by atoms with Crippen LogP contribution in [-0.4, -0.2) is 6.29 Å². The van der Waals surface area contributed by atoms with Gasteiger partial charge in [-0.2, -0.15) is 0 Å². The van der Waals surface area contributed by atoms with E-state index in [0.717, 1.165) is 24.7 Å². The van der Waals surface area contributed by atoms with Crippen LogP contribution in [0.4, 0.5) is 0 Å². The summed E-state index contributed by atoms with van der Waals surface area (Å²) in [6.07, 6.45) is 2.31. The molecule has 0 amide bonds. The minimum atomic E-state index is 0.688. The minimum absolute atomic E-state index is 0.688. The third-order valence-electron chi connectivity index (χ3n) is 1.18. The first-order chi connectivity index (χ1) is 4.26. The van der Waals surface area contributed by atoms with E-state index in [1.54, 1.807) is 0 Å². The van der Waals surface area contributed by atoms with Crippen LogP contribution in [0.25, 0.3) is 0 Å². The summed E-state index contributed by atoms with van der Waals surface area (Å²) in [4.78, 5) is 10.2. The normalized spacial score (nSPS) is 12.8. The quantitative estimate of drug-likeness (QED) is 0.442. The lowest BCUT2D eigenvalue weighted by Crippen LogP contribution is -1.84. The van der Waals surface area contributed by atoms with Gasteiger partial charge in [-0.05, 0) is 12.8 Å². The van der Waals surface area contributed by atoms with Crippen LogP contribution >= 0.6 is 11.6 Å². The van der Waals surface area contributed by atoms with Gasteiger partial charge < -0.3 is 0 Å². The average molecular weight is 147 g/mol. The Bertz CT molecular complexity index is 127. The van der Waals surface area contributed by atoms with E-state index in [2.05, 4.69) is 0 Å². The first-order valence-electron chi connectivity index (χ1n) is 3.08. The molecule has 0 aliphatic rings. The molecule has 0 unspecified atom stereocenters. The molecule has 0 fully saturated rings. The summed E-state index contributed by atoms with van der Waals surface area (Å²) in [5, 5.41) is 0.688. The van der Waals surface area contributed by atoms with Crippen LogP contribution in [0.15, 0.2) is 10.6 Å². The van der Waals surface area contributed by atoms with Crippen molar-refractivity contribution in [1.82, 2.24) is 0 Å². The van der Waals surface area contributed by atoms with Crippen LogP contribution in [0.3, 0.4) is 0 Å². The van der Waals surface area contributed by atoms with Crippen LogP contribution in [0.5, 0.6) is 0 Å². The summed E-state index contributed by atoms with van der Waals surface area (Å²) in [6, 6.07) is 0. The molecule has 0 aromatic carbocycles. The Hall–Kier alpha value is -0.300. The molecule has 0 N–H and O–H groups in total. The summed E-state index contributed by atoms with van der Waals surface area (Å²) in [5.74, 6) is 0. The minimum Gasteiger partial charge on any atom is -0.298 e. The number of allylic oxidation sites excluding steroid dienone is 2. The fraction of sp³-hybridized carbons (Fsp3) is 0.571. The molecular formula is C7H11ClO. The van der Waals surface area contributed by atoms with Gasteiger partial charge in [-0.15, -0.1) is 0 Å². The average Bonchev–Trinajstić information content (AvgIpc) is 1.90. The molecule has 0 radical (unpaired) electrons. The van der Waals surface area contributed by atoms with Crippen LogP contribution in [0.2, 0.25) is 0 Å². The van der Waals surface area contributed by atoms with Gasteiger partial charge in [-0.25, -0.2) is 0 Å². The second-order valence-corrected chi connectivity index (χ2v) is 2.21. The Morgan fingerprint density at radius 3 is 2.11 bits per heavy atom. The Morgan fingerprint density at radius 2 is 2.00 bits per heavy atom. The molecule has 0 aliphatic heterocycles. The van der Waals surface area contributed by atoms with Crippen LogP contribution in [0.1, 0.15) is 26.7 Å². The first kappa shape index (κ1) is 8.70. The number of aldehydes is 1. The van der Waals surface area contributed by atoms with Gasteiger partial charge in [0, 0.05) is 10.6 Å². The van der Waals surface area contributed by atoms with Crippen molar-refractivity contribution in [2.75, 3.05) is 0 Å². The summed E-state index contributed by atoms with van der Waals surface area (Å²) in [6.45, 7) is 3.85. The lowest BCUT2D eigenvalue weighted by Gasteiger charge is -1.95. The second-order valence-electron chi connectivity index (χ2n) is 1.76. The maximum Gasteiger partial charge on any atom is 0.147 e. The Kier molecular flexibility index (Phi) is 4.41. The Morgan fingerprint density at radius 1 is 1.44 bits per heavy atom. The predicted molar refractivity (Wildman–Crippen MR) is 39.5 cm³/mol. The SMILES string of the molecule is CC/C(Cl)=C(/C=O)CC. The molecule has 0 aromatic rings. The highest BCUT2D eigenvalue weighted by Gasteiger charge is 1.96. The van der Waals surface area contributed by atoms with Crippen LogP contribution in [0, 0.1) is 0 Å². The van der Waals surface area contributed by atoms with E-state index < -0.39 is 0 Å². The smallest absolute Gasteiger partial charge is 0.147 e. The summed E-state index contributed by atoms with van der Waals surface area (Å²) in [5.41, 5.74) is 0.721. The molecule has 0 heterocycles. The zero-order valence-corrected chi connectivity index (χ0v) is 6.53. The molecule has 0 saturated heterocycles. The fourth-order valence-corrected chi connectivity index (χ4v) is 0.744. The topological polar surface area (TPSA) is 17.1 Å². The molecule has 52 valence electrons. The molecular weight excluding hydrogens is 136 g/mol. The van der Waals surface area contributed by atoms with Crippen LogP contribution < -0.4 is 0 Å². The van der Waals surface area contributed by atoms with Gasteiger partial charge in [0.1, 0.15) is 6.29 Å². The molecule has 0 bridgehead atoms. The number of hydrogen-bond acceptors (Lipinski definition) is 1.